The molecule has 0 atom stereocenters. The number of nitrogens with one attached hydrogen (secondary N) is 1. The standard InChI is InChI=1S/C23H19ClN2O5/c1-4-7-30-23(29)16-9-14(5-6-18(16)24)20-8-12(2)19(31-20)10-15-13(3)17(11-25)22(28)26-21(15)27/h5-6,8-10H,4,7H2,1-3H3,(H,26,27,28)/b15-10-. The number of benzene rings is 1. The minimum atomic E-state index is -0.720. The molecule has 1 N–H and O–H groups in total. The summed E-state index contributed by atoms with van der Waals surface area (Å²) in [6.07, 6.45) is 2.18. The number of aryl methyl sites for hydroxylation is 1. The summed E-state index contributed by atoms with van der Waals surface area (Å²) in [5.74, 6) is -1.00. The van der Waals surface area contributed by atoms with Crippen LogP contribution in [0.15, 0.2) is 45.4 Å². The monoisotopic (exact) mass is 438 g/mol. The SMILES string of the molecule is CCCOC(=O)c1cc(-c2cc(C)c(/C=C3\C(=O)NC(=O)C(C#N)=C3C)o2)ccc1Cl. The van der Waals surface area contributed by atoms with Gasteiger partial charge in [0.25, 0.3) is 11.8 Å². The zero-order chi connectivity index (χ0) is 22.7. The molecule has 0 radical (unpaired) electrons. The van der Waals surface area contributed by atoms with Gasteiger partial charge < -0.3 is 9.15 Å². The highest BCUT2D eigenvalue weighted by Gasteiger charge is 2.28. The molecule has 7 nitrogen and oxygen atoms in total. The third-order valence-electron chi connectivity index (χ3n) is 4.73. The number of esters is 1. The molecule has 1 aliphatic rings. The van der Waals surface area contributed by atoms with Crippen LogP contribution in [0, 0.1) is 18.3 Å². The maximum absolute atomic E-state index is 12.3. The van der Waals surface area contributed by atoms with Gasteiger partial charge in [-0.2, -0.15) is 5.26 Å². The highest BCUT2D eigenvalue weighted by Crippen LogP contribution is 2.31. The second-order valence-corrected chi connectivity index (χ2v) is 7.35. The maximum atomic E-state index is 12.3. The van der Waals surface area contributed by atoms with Crippen molar-refractivity contribution in [2.45, 2.75) is 27.2 Å². The first-order chi connectivity index (χ1) is 14.8. The molecule has 3 rings (SSSR count). The Kier molecular flexibility index (Phi) is 6.42. The lowest BCUT2D eigenvalue weighted by molar-refractivity contribution is -0.126. The third kappa shape index (κ3) is 4.44. The van der Waals surface area contributed by atoms with E-state index in [0.29, 0.717) is 30.1 Å². The molecule has 0 aliphatic carbocycles. The summed E-state index contributed by atoms with van der Waals surface area (Å²) in [4.78, 5) is 36.3. The van der Waals surface area contributed by atoms with Gasteiger partial charge in [-0.15, -0.1) is 0 Å². The van der Waals surface area contributed by atoms with Crippen LogP contribution < -0.4 is 5.32 Å². The fourth-order valence-electron chi connectivity index (χ4n) is 3.04. The van der Waals surface area contributed by atoms with Crippen molar-refractivity contribution in [2.75, 3.05) is 6.61 Å². The first kappa shape index (κ1) is 22.1. The number of furan rings is 1. The van der Waals surface area contributed by atoms with Gasteiger partial charge in [-0.05, 0) is 61.7 Å². The lowest BCUT2D eigenvalue weighted by Gasteiger charge is -2.15. The topological polar surface area (TPSA) is 109 Å². The van der Waals surface area contributed by atoms with Gasteiger partial charge in [0, 0.05) is 11.1 Å². The second-order valence-electron chi connectivity index (χ2n) is 6.94. The van der Waals surface area contributed by atoms with E-state index in [0.717, 1.165) is 5.56 Å². The van der Waals surface area contributed by atoms with Crippen LogP contribution in [0.4, 0.5) is 0 Å². The number of imide groups is 1. The molecule has 2 amide bonds. The van der Waals surface area contributed by atoms with Crippen LogP contribution >= 0.6 is 11.6 Å². The molecule has 0 unspecified atom stereocenters. The molecule has 0 spiro atoms. The summed E-state index contributed by atoms with van der Waals surface area (Å²) in [5, 5.41) is 11.6. The van der Waals surface area contributed by atoms with E-state index in [1.165, 1.54) is 13.0 Å². The zero-order valence-corrected chi connectivity index (χ0v) is 17.9. The molecule has 8 heteroatoms. The van der Waals surface area contributed by atoms with E-state index in [1.807, 2.05) is 13.0 Å². The summed E-state index contributed by atoms with van der Waals surface area (Å²) < 4.78 is 11.1. The van der Waals surface area contributed by atoms with Crippen molar-refractivity contribution in [3.05, 3.63) is 62.9 Å². The fourth-order valence-corrected chi connectivity index (χ4v) is 3.23. The molecule has 158 valence electrons. The number of ether oxygens (including phenoxy) is 1. The van der Waals surface area contributed by atoms with Crippen molar-refractivity contribution in [1.29, 1.82) is 5.26 Å². The van der Waals surface area contributed by atoms with E-state index >= 15 is 0 Å². The highest BCUT2D eigenvalue weighted by atomic mass is 35.5. The highest BCUT2D eigenvalue weighted by molar-refractivity contribution is 6.33. The summed E-state index contributed by atoms with van der Waals surface area (Å²) in [5.41, 5.74) is 1.88. The van der Waals surface area contributed by atoms with Crippen LogP contribution in [0.2, 0.25) is 5.02 Å². The summed E-state index contributed by atoms with van der Waals surface area (Å²) in [7, 11) is 0. The van der Waals surface area contributed by atoms with Gasteiger partial charge in [-0.3, -0.25) is 14.9 Å². The Hall–Kier alpha value is -3.63. The third-order valence-corrected chi connectivity index (χ3v) is 5.06. The molecular weight excluding hydrogens is 420 g/mol. The summed E-state index contributed by atoms with van der Waals surface area (Å²) in [6, 6.07) is 8.44. The van der Waals surface area contributed by atoms with Gasteiger partial charge in [-0.25, -0.2) is 4.79 Å². The van der Waals surface area contributed by atoms with Crippen LogP contribution in [0.25, 0.3) is 17.4 Å². The smallest absolute Gasteiger partial charge is 0.339 e. The second kappa shape index (κ2) is 9.02. The molecule has 0 fully saturated rings. The molecule has 2 heterocycles. The molecule has 2 aromatic rings. The molecule has 0 saturated heterocycles. The molecule has 1 aliphatic heterocycles. The molecule has 31 heavy (non-hydrogen) atoms. The number of nitriles is 1. The average molecular weight is 439 g/mol. The quantitative estimate of drug-likeness (QED) is 0.422. The minimum Gasteiger partial charge on any atom is -0.462 e. The Morgan fingerprint density at radius 1 is 1.26 bits per heavy atom. The van der Waals surface area contributed by atoms with Crippen molar-refractivity contribution < 1.29 is 23.5 Å². The largest absolute Gasteiger partial charge is 0.462 e. The van der Waals surface area contributed by atoms with Crippen molar-refractivity contribution in [1.82, 2.24) is 5.32 Å². The predicted octanol–water partition coefficient (Wildman–Crippen LogP) is 4.36. The fraction of sp³-hybridized carbons (Fsp3) is 0.217. The van der Waals surface area contributed by atoms with Crippen molar-refractivity contribution >= 4 is 35.5 Å². The number of hydrogen-bond acceptors (Lipinski definition) is 6. The van der Waals surface area contributed by atoms with Crippen LogP contribution in [-0.2, 0) is 14.3 Å². The van der Waals surface area contributed by atoms with Gasteiger partial charge in [0.2, 0.25) is 0 Å². The lowest BCUT2D eigenvalue weighted by atomic mass is 9.96. The summed E-state index contributed by atoms with van der Waals surface area (Å²) >= 11 is 6.15. The number of carbonyl (C=O) groups is 3. The van der Waals surface area contributed by atoms with Crippen molar-refractivity contribution in [3.63, 3.8) is 0 Å². The van der Waals surface area contributed by atoms with E-state index in [4.69, 9.17) is 20.8 Å². The zero-order valence-electron chi connectivity index (χ0n) is 17.2. The first-order valence-electron chi connectivity index (χ1n) is 9.53. The molecule has 1 aromatic heterocycles. The van der Waals surface area contributed by atoms with Gasteiger partial charge in [0.15, 0.2) is 0 Å². The maximum Gasteiger partial charge on any atom is 0.339 e. The number of hydrogen-bond donors (Lipinski definition) is 1. The number of halogens is 1. The van der Waals surface area contributed by atoms with Gasteiger partial charge in [0.05, 0.1) is 17.2 Å². The first-order valence-corrected chi connectivity index (χ1v) is 9.90. The van der Waals surface area contributed by atoms with E-state index in [-0.39, 0.29) is 27.3 Å². The van der Waals surface area contributed by atoms with Crippen LogP contribution in [0.3, 0.4) is 0 Å². The van der Waals surface area contributed by atoms with E-state index in [2.05, 4.69) is 5.32 Å². The van der Waals surface area contributed by atoms with E-state index in [1.54, 1.807) is 31.2 Å². The Morgan fingerprint density at radius 3 is 2.68 bits per heavy atom. The molecular formula is C23H19ClN2O5. The van der Waals surface area contributed by atoms with Gasteiger partial charge >= 0.3 is 5.97 Å². The number of rotatable bonds is 5. The van der Waals surface area contributed by atoms with Crippen LogP contribution in [-0.4, -0.2) is 24.4 Å². The van der Waals surface area contributed by atoms with E-state index in [9.17, 15) is 19.6 Å². The van der Waals surface area contributed by atoms with Gasteiger partial charge in [-0.1, -0.05) is 18.5 Å². The predicted molar refractivity (Wildman–Crippen MR) is 114 cm³/mol. The van der Waals surface area contributed by atoms with Crippen molar-refractivity contribution in [2.24, 2.45) is 0 Å². The van der Waals surface area contributed by atoms with E-state index < -0.39 is 17.8 Å². The van der Waals surface area contributed by atoms with Crippen LogP contribution in [0.5, 0.6) is 0 Å². The molecule has 1 aromatic carbocycles. The Bertz CT molecular complexity index is 1200. The Balaban J connectivity index is 2.01. The lowest BCUT2D eigenvalue weighted by Crippen LogP contribution is -2.37. The van der Waals surface area contributed by atoms with Gasteiger partial charge in [0.1, 0.15) is 23.2 Å². The Labute approximate surface area is 183 Å². The van der Waals surface area contributed by atoms with Crippen molar-refractivity contribution in [3.8, 4) is 17.4 Å². The number of carbonyl (C=O) groups excluding carboxylic acids is 3. The number of amides is 2. The number of nitrogens with zero attached hydrogens (tertiary/aromatic N) is 1. The summed E-state index contributed by atoms with van der Waals surface area (Å²) in [6.45, 7) is 5.51. The minimum absolute atomic E-state index is 0.122. The normalized spacial score (nSPS) is 15.1. The average Bonchev–Trinajstić information content (AvgIpc) is 3.10. The Morgan fingerprint density at radius 2 is 2.00 bits per heavy atom. The molecule has 0 saturated carbocycles. The van der Waals surface area contributed by atoms with Crippen LogP contribution in [0.1, 0.15) is 41.9 Å². The molecule has 0 bridgehead atoms.